The molecule has 0 unspecified atom stereocenters. The summed E-state index contributed by atoms with van der Waals surface area (Å²) in [5.41, 5.74) is 7.47. The number of para-hydroxylation sites is 13. The summed E-state index contributed by atoms with van der Waals surface area (Å²) in [5.74, 6) is 14.4. The summed E-state index contributed by atoms with van der Waals surface area (Å²) in [5, 5.41) is 23.7. The molecule has 1 N–H and O–H groups in total. The molecule has 28 heteroatoms. The molecule has 3 fully saturated rings. The molecule has 1 aliphatic carbocycles. The fourth-order valence-electron chi connectivity index (χ4n) is 15.4. The van der Waals surface area contributed by atoms with E-state index >= 15 is 0 Å². The van der Waals surface area contributed by atoms with Crippen LogP contribution in [-0.2, 0) is 34.3 Å². The molecule has 15 aromatic rings. The molecular weight excluding hydrogens is 1790 g/mol. The van der Waals surface area contributed by atoms with Crippen LogP contribution in [0.5, 0.6) is 115 Å². The molecule has 0 spiro atoms. The van der Waals surface area contributed by atoms with E-state index in [1.54, 1.807) is 54.6 Å². The van der Waals surface area contributed by atoms with Crippen molar-refractivity contribution in [2.75, 3.05) is 0 Å². The van der Waals surface area contributed by atoms with Gasteiger partial charge in [-0.3, -0.25) is 20.2 Å². The zero-order chi connectivity index (χ0) is 91.5. The number of nitrogens with one attached hydrogen (secondary N) is 1. The molecule has 0 saturated carbocycles. The van der Waals surface area contributed by atoms with Crippen molar-refractivity contribution in [3.8, 4) is 137 Å². The molecule has 8 aliphatic heterocycles. The van der Waals surface area contributed by atoms with Crippen molar-refractivity contribution in [3.63, 3.8) is 0 Å². The van der Waals surface area contributed by atoms with Gasteiger partial charge in [0, 0.05) is 32.9 Å². The number of halogens is 2. The molecule has 0 amide bonds. The lowest BCUT2D eigenvalue weighted by Gasteiger charge is -2.32. The highest BCUT2D eigenvalue weighted by Crippen LogP contribution is 2.55. The average Bonchev–Trinajstić information content (AvgIpc) is 1.61. The van der Waals surface area contributed by atoms with Gasteiger partial charge in [0.1, 0.15) is 0 Å². The van der Waals surface area contributed by atoms with Gasteiger partial charge in [-0.1, -0.05) is 155 Å². The first-order valence-electron chi connectivity index (χ1n) is 42.6. The molecule has 0 radical (unpaired) electrons. The van der Waals surface area contributed by atoms with Crippen LogP contribution in [0.3, 0.4) is 0 Å². The van der Waals surface area contributed by atoms with E-state index in [0.717, 1.165) is 108 Å². The van der Waals surface area contributed by atoms with Gasteiger partial charge in [-0.25, -0.2) is 0 Å². The maximum Gasteiger partial charge on any atom is 0.494 e. The number of aromatic amines is 1. The van der Waals surface area contributed by atoms with Crippen molar-refractivity contribution in [2.24, 2.45) is 0 Å². The Labute approximate surface area is 774 Å². The van der Waals surface area contributed by atoms with E-state index in [1.165, 1.54) is 39.8 Å². The Kier molecular flexibility index (Phi) is 23.9. The Morgan fingerprint density at radius 2 is 0.656 bits per heavy atom. The molecule has 23 nitrogen and oxygen atoms in total. The van der Waals surface area contributed by atoms with E-state index < -0.39 is 26.1 Å². The second-order valence-electron chi connectivity index (χ2n) is 34.8. The van der Waals surface area contributed by atoms with Crippen LogP contribution >= 0.6 is 31.9 Å². The molecule has 0 bridgehead atoms. The predicted octanol–water partition coefficient (Wildman–Crippen LogP) is 28.4. The number of benzene rings is 14. The Morgan fingerprint density at radius 1 is 0.298 bits per heavy atom. The van der Waals surface area contributed by atoms with Crippen molar-refractivity contribution in [1.29, 1.82) is 0 Å². The maximum absolute atomic E-state index is 11.2. The number of fused-ring (bicyclic) bond motifs is 17. The smallest absolute Gasteiger partial charge is 0.450 e. The molecule has 9 aliphatic rings. The highest BCUT2D eigenvalue weighted by Gasteiger charge is 2.64. The highest BCUT2D eigenvalue weighted by atomic mass is 79.9. The number of hydrogen-bond donors (Lipinski definition) is 1. The van der Waals surface area contributed by atoms with Crippen molar-refractivity contribution in [1.82, 2.24) is 4.98 Å². The maximum atomic E-state index is 11.2. The van der Waals surface area contributed by atoms with E-state index in [4.69, 9.17) is 75.3 Å². The minimum absolute atomic E-state index is 0.0598. The van der Waals surface area contributed by atoms with Crippen molar-refractivity contribution in [3.05, 3.63) is 338 Å². The summed E-state index contributed by atoms with van der Waals surface area (Å²) in [6, 6.07) is 93.0. The van der Waals surface area contributed by atoms with Gasteiger partial charge in [0.2, 0.25) is 0 Å². The van der Waals surface area contributed by atoms with Gasteiger partial charge < -0.3 is 80.3 Å². The van der Waals surface area contributed by atoms with Crippen LogP contribution in [-0.4, -0.2) is 69.6 Å². The second-order valence-corrected chi connectivity index (χ2v) is 36.6. The van der Waals surface area contributed by atoms with Crippen LogP contribution in [0.2, 0.25) is 0 Å². The zero-order valence-corrected chi connectivity index (χ0v) is 76.7. The lowest BCUT2D eigenvalue weighted by atomic mass is 9.49. The first-order chi connectivity index (χ1) is 62.8. The Bertz CT molecular complexity index is 6860. The van der Waals surface area contributed by atoms with Crippen molar-refractivity contribution < 1.29 is 85.1 Å². The van der Waals surface area contributed by atoms with Crippen LogP contribution in [0.4, 0.5) is 11.4 Å². The SMILES string of the molecule is Brc1ccc2c(c1)Oc1ccccc1O2.CC1(C)OB(B2OC(C)(C)C(C)(C)O2)OC1(C)C.CC1(C)OB(c2ccc3c(c2)Oc2ccccc2O3)OC1(C)C.O=[N+]([O-])c1ccccc1-c1ccc2c(c1)Oc1ccccc1O2.O=[N+]([O-])c1ccccc1Br.c1ccc2c(c1)Cc1cc3c(cc1-2)Oc1ccccc1O3.c1ccc2c(c1)Oc1ccc3c([nH]c4ccccc43)c1O2. The van der Waals surface area contributed by atoms with Gasteiger partial charge in [0.05, 0.1) is 59.0 Å². The molecular formula is C103H88B3Br2N3O20. The van der Waals surface area contributed by atoms with Crippen molar-refractivity contribution in [2.45, 2.75) is 123 Å². The fourth-order valence-corrected chi connectivity index (χ4v) is 16.2. The van der Waals surface area contributed by atoms with Crippen molar-refractivity contribution >= 4 is 91.6 Å². The number of nitrogens with zero attached hydrogens (tertiary/aromatic N) is 2. The number of ether oxygens (including phenoxy) is 10. The summed E-state index contributed by atoms with van der Waals surface area (Å²) in [6.07, 6.45) is 0.962. The second kappa shape index (κ2) is 35.5. The fraction of sp³-hybridized carbons (Fsp3) is 0.184. The van der Waals surface area contributed by atoms with E-state index in [0.29, 0.717) is 55.8 Å². The van der Waals surface area contributed by atoms with Gasteiger partial charge in [0.15, 0.2) is 115 Å². The molecule has 24 rings (SSSR count). The molecule has 131 heavy (non-hydrogen) atoms. The number of H-pyrrole nitrogens is 1. The summed E-state index contributed by atoms with van der Waals surface area (Å²) >= 11 is 6.45. The van der Waals surface area contributed by atoms with Gasteiger partial charge in [0.25, 0.3) is 11.4 Å². The Morgan fingerprint density at radius 3 is 1.15 bits per heavy atom. The topological polar surface area (TPSA) is 250 Å². The van der Waals surface area contributed by atoms with Gasteiger partial charge in [-0.05, 0) is 284 Å². The van der Waals surface area contributed by atoms with Crippen LogP contribution in [0, 0.1) is 20.2 Å². The zero-order valence-electron chi connectivity index (χ0n) is 73.5. The Hall–Kier alpha value is -13.4. The summed E-state index contributed by atoms with van der Waals surface area (Å²) < 4.78 is 96.3. The highest BCUT2D eigenvalue weighted by molar-refractivity contribution is 9.10. The largest absolute Gasteiger partial charge is 0.494 e. The van der Waals surface area contributed by atoms with E-state index in [9.17, 15) is 20.2 Å². The lowest BCUT2D eigenvalue weighted by molar-refractivity contribution is -0.385. The van der Waals surface area contributed by atoms with Crippen LogP contribution in [0.25, 0.3) is 44.1 Å². The molecule has 1 aromatic heterocycles. The van der Waals surface area contributed by atoms with Gasteiger partial charge in [-0.2, -0.15) is 0 Å². The van der Waals surface area contributed by atoms with Gasteiger partial charge in [-0.15, -0.1) is 0 Å². The summed E-state index contributed by atoms with van der Waals surface area (Å²) in [7, 11) is -1.36. The minimum Gasteiger partial charge on any atom is -0.450 e. The molecule has 3 saturated heterocycles. The lowest BCUT2D eigenvalue weighted by Crippen LogP contribution is -2.41. The standard InChI is InChI=1S/C19H12O2.C18H19BO4.C18H11NO4.C18H11NO2.C12H24B2O4.C12H7BrO2.C6H4BrNO2/c1-2-6-14-12(5-1)9-13-10-18-19(11-15(13)14)21-17-8-4-3-7-16(17)20-18;1-17(2)18(3,4)23-19(22-17)12-9-10-15-16(11-12)21-14-8-6-5-7-13(14)20-15;20-19(21)14-6-2-1-5-13(14)12-9-10-17-18(11-12)23-16-8-4-3-7-15(16)22-17;1-2-6-13-11(5-1)12-9-10-16-18(17(12)19-13)21-15-8-4-3-7-14(15)20-16;1-9(2)10(3,4)16-13(15-9)14-17-11(5,6)12(7,8)18-14;13-8-5-6-11-12(7-8)15-10-4-2-1-3-9(10)14-11;7-5-3-1-2-4-6(5)8(9)10/h1-8,10-11H,9H2;5-11H,1-4H3;1-11H;1-10,19H;1-8H3;1-7H;1-4H. The van der Waals surface area contributed by atoms with Crippen LogP contribution in [0.15, 0.2) is 306 Å². The van der Waals surface area contributed by atoms with E-state index in [-0.39, 0.29) is 49.9 Å². The molecule has 0 atom stereocenters. The monoisotopic (exact) mass is 1880 g/mol. The summed E-state index contributed by atoms with van der Waals surface area (Å²) in [4.78, 5) is 24.0. The molecule has 14 aromatic carbocycles. The number of aromatic nitrogens is 1. The normalized spacial score (nSPS) is 16.2. The quantitative estimate of drug-likeness (QED) is 0.0955. The first kappa shape index (κ1) is 88.2. The summed E-state index contributed by atoms with van der Waals surface area (Å²) in [6.45, 7) is 24.4. The van der Waals surface area contributed by atoms with Crippen LogP contribution < -0.4 is 52.8 Å². The number of hydrogen-bond acceptors (Lipinski definition) is 20. The number of nitro groups is 2. The third-order valence-electron chi connectivity index (χ3n) is 24.5. The number of rotatable bonds is 5. The molecule has 658 valence electrons. The van der Waals surface area contributed by atoms with E-state index in [1.807, 2.05) is 259 Å². The predicted molar refractivity (Wildman–Crippen MR) is 511 cm³/mol. The van der Waals surface area contributed by atoms with Crippen LogP contribution in [0.1, 0.15) is 94.2 Å². The average molecular weight is 1880 g/mol. The van der Waals surface area contributed by atoms with Gasteiger partial charge >= 0.3 is 21.1 Å². The third-order valence-corrected chi connectivity index (χ3v) is 25.6. The third kappa shape index (κ3) is 18.1. The molecule has 9 heterocycles. The minimum atomic E-state index is -0.476. The van der Waals surface area contributed by atoms with E-state index in [2.05, 4.69) is 91.4 Å². The Balaban J connectivity index is 0.000000104. The number of nitro benzene ring substituents is 2. The first-order valence-corrected chi connectivity index (χ1v) is 44.2.